The topological polar surface area (TPSA) is 68.0 Å². The average molecular weight is 424 g/mol. The van der Waals surface area contributed by atoms with Crippen LogP contribution in [-0.4, -0.2) is 16.1 Å². The zero-order valence-corrected chi connectivity index (χ0v) is 18.1. The van der Waals surface area contributed by atoms with Crippen molar-refractivity contribution in [1.29, 1.82) is 0 Å². The first-order valence-electron chi connectivity index (χ1n) is 10.4. The molecule has 156 valence electrons. The number of carbonyl (C=O) groups excluding carboxylic acids is 1. The lowest BCUT2D eigenvalue weighted by molar-refractivity contribution is -0.121. The summed E-state index contributed by atoms with van der Waals surface area (Å²) in [7, 11) is 0. The molecule has 1 aliphatic carbocycles. The van der Waals surface area contributed by atoms with Gasteiger partial charge in [-0.3, -0.25) is 10.1 Å². The fraction of sp³-hybridized carbons (Fsp3) is 0.375. The molecule has 1 fully saturated rings. The number of benzene rings is 2. The molecular formula is C24H26ClN3O2. The molecule has 1 aromatic heterocycles. The fourth-order valence-corrected chi connectivity index (χ4v) is 4.31. The van der Waals surface area contributed by atoms with Gasteiger partial charge in [0.05, 0.1) is 11.8 Å². The molecule has 6 heteroatoms. The fourth-order valence-electron chi connectivity index (χ4n) is 4.18. The summed E-state index contributed by atoms with van der Waals surface area (Å²) in [6.07, 6.45) is 4.14. The number of carbonyl (C=O) groups is 1. The van der Waals surface area contributed by atoms with Crippen LogP contribution in [0.5, 0.6) is 0 Å². The van der Waals surface area contributed by atoms with Gasteiger partial charge in [-0.15, -0.1) is 5.10 Å². The Morgan fingerprint density at radius 1 is 1.07 bits per heavy atom. The second-order valence-electron chi connectivity index (χ2n) is 8.32. The van der Waals surface area contributed by atoms with E-state index in [-0.39, 0.29) is 11.9 Å². The lowest BCUT2D eigenvalue weighted by atomic mass is 9.78. The molecular weight excluding hydrogens is 398 g/mol. The molecule has 0 spiro atoms. The number of nitrogens with zero attached hydrogens (tertiary/aromatic N) is 2. The minimum atomic E-state index is -0.577. The Kier molecular flexibility index (Phi) is 5.91. The van der Waals surface area contributed by atoms with Crippen molar-refractivity contribution in [3.63, 3.8) is 0 Å². The molecule has 0 saturated heterocycles. The SMILES string of the molecule is CC(C)c1ccc(Cc2nnc(NC(=O)C3(c4ccc(Cl)cc4)CCCC3)o2)cc1. The van der Waals surface area contributed by atoms with Gasteiger partial charge < -0.3 is 4.42 Å². The normalized spacial score (nSPS) is 15.5. The van der Waals surface area contributed by atoms with Crippen LogP contribution in [0.25, 0.3) is 0 Å². The summed E-state index contributed by atoms with van der Waals surface area (Å²) in [5.74, 6) is 0.876. The first-order valence-corrected chi connectivity index (χ1v) is 10.8. The van der Waals surface area contributed by atoms with Crippen molar-refractivity contribution in [2.24, 2.45) is 0 Å². The maximum atomic E-state index is 13.2. The van der Waals surface area contributed by atoms with E-state index >= 15 is 0 Å². The minimum Gasteiger partial charge on any atom is -0.407 e. The number of rotatable bonds is 6. The van der Waals surface area contributed by atoms with Crippen molar-refractivity contribution in [2.45, 2.75) is 57.3 Å². The van der Waals surface area contributed by atoms with Gasteiger partial charge >= 0.3 is 6.01 Å². The van der Waals surface area contributed by atoms with Crippen LogP contribution in [0, 0.1) is 0 Å². The second-order valence-corrected chi connectivity index (χ2v) is 8.76. The molecule has 1 saturated carbocycles. The quantitative estimate of drug-likeness (QED) is 0.536. The number of nitrogens with one attached hydrogen (secondary N) is 1. The van der Waals surface area contributed by atoms with Gasteiger partial charge in [0.2, 0.25) is 11.8 Å². The number of amides is 1. The summed E-state index contributed by atoms with van der Waals surface area (Å²) in [6, 6.07) is 16.1. The van der Waals surface area contributed by atoms with Gasteiger partial charge in [-0.05, 0) is 47.6 Å². The van der Waals surface area contributed by atoms with E-state index in [9.17, 15) is 4.79 Å². The predicted octanol–water partition coefficient (Wildman–Crippen LogP) is 5.89. The second kappa shape index (κ2) is 8.60. The lowest BCUT2D eigenvalue weighted by Gasteiger charge is -2.27. The van der Waals surface area contributed by atoms with E-state index in [4.69, 9.17) is 16.0 Å². The monoisotopic (exact) mass is 423 g/mol. The highest BCUT2D eigenvalue weighted by Crippen LogP contribution is 2.42. The van der Waals surface area contributed by atoms with Crippen LogP contribution >= 0.6 is 11.6 Å². The molecule has 5 nitrogen and oxygen atoms in total. The zero-order chi connectivity index (χ0) is 21.1. The number of anilines is 1. The Morgan fingerprint density at radius 2 is 1.73 bits per heavy atom. The third-order valence-corrected chi connectivity index (χ3v) is 6.23. The molecule has 4 rings (SSSR count). The third kappa shape index (κ3) is 4.26. The van der Waals surface area contributed by atoms with Gasteiger partial charge in [0.1, 0.15) is 0 Å². The summed E-state index contributed by atoms with van der Waals surface area (Å²) in [5.41, 5.74) is 2.79. The molecule has 0 unspecified atom stereocenters. The van der Waals surface area contributed by atoms with E-state index in [2.05, 4.69) is 53.6 Å². The van der Waals surface area contributed by atoms with E-state index in [0.717, 1.165) is 36.8 Å². The summed E-state index contributed by atoms with van der Waals surface area (Å²) >= 11 is 6.03. The van der Waals surface area contributed by atoms with E-state index in [1.807, 2.05) is 24.3 Å². The van der Waals surface area contributed by atoms with Gasteiger partial charge in [0.25, 0.3) is 0 Å². The van der Waals surface area contributed by atoms with Gasteiger partial charge in [-0.1, -0.05) is 79.8 Å². The van der Waals surface area contributed by atoms with Crippen LogP contribution in [0.2, 0.25) is 5.02 Å². The van der Waals surface area contributed by atoms with Crippen molar-refractivity contribution < 1.29 is 9.21 Å². The Morgan fingerprint density at radius 3 is 2.37 bits per heavy atom. The van der Waals surface area contributed by atoms with Crippen molar-refractivity contribution in [1.82, 2.24) is 10.2 Å². The highest BCUT2D eigenvalue weighted by Gasteiger charge is 2.43. The number of hydrogen-bond acceptors (Lipinski definition) is 4. The number of halogens is 1. The molecule has 1 aliphatic rings. The number of hydrogen-bond donors (Lipinski definition) is 1. The predicted molar refractivity (Wildman–Crippen MR) is 118 cm³/mol. The number of aromatic nitrogens is 2. The van der Waals surface area contributed by atoms with Crippen LogP contribution < -0.4 is 5.32 Å². The highest BCUT2D eigenvalue weighted by atomic mass is 35.5. The van der Waals surface area contributed by atoms with E-state index < -0.39 is 5.41 Å². The Bertz CT molecular complexity index is 1000. The largest absolute Gasteiger partial charge is 0.407 e. The van der Waals surface area contributed by atoms with Crippen molar-refractivity contribution in [3.8, 4) is 0 Å². The average Bonchev–Trinajstić information content (AvgIpc) is 3.39. The Balaban J connectivity index is 1.47. The minimum absolute atomic E-state index is 0.0983. The smallest absolute Gasteiger partial charge is 0.322 e. The van der Waals surface area contributed by atoms with Crippen LogP contribution in [-0.2, 0) is 16.6 Å². The van der Waals surface area contributed by atoms with Crippen LogP contribution in [0.15, 0.2) is 52.9 Å². The first kappa shape index (κ1) is 20.6. The first-order chi connectivity index (χ1) is 14.5. The molecule has 1 N–H and O–H groups in total. The zero-order valence-electron chi connectivity index (χ0n) is 17.3. The molecule has 0 bridgehead atoms. The van der Waals surface area contributed by atoms with Crippen LogP contribution in [0.1, 0.15) is 68.0 Å². The summed E-state index contributed by atoms with van der Waals surface area (Å²) in [6.45, 7) is 4.34. The standard InChI is InChI=1S/C24H26ClN3O2/c1-16(2)18-7-5-17(6-8-18)15-21-27-28-23(30-21)26-22(29)24(13-3-4-14-24)19-9-11-20(25)12-10-19/h5-12,16H,3-4,13-15H2,1-2H3,(H,26,28,29). The summed E-state index contributed by atoms with van der Waals surface area (Å²) in [4.78, 5) is 13.2. The highest BCUT2D eigenvalue weighted by molar-refractivity contribution is 6.30. The molecule has 0 aliphatic heterocycles. The molecule has 0 atom stereocenters. The maximum Gasteiger partial charge on any atom is 0.322 e. The molecule has 3 aromatic rings. The van der Waals surface area contributed by atoms with Gasteiger partial charge in [0, 0.05) is 5.02 Å². The molecule has 1 amide bonds. The summed E-state index contributed by atoms with van der Waals surface area (Å²) < 4.78 is 5.72. The van der Waals surface area contributed by atoms with Gasteiger partial charge in [-0.2, -0.15) is 0 Å². The van der Waals surface area contributed by atoms with Crippen LogP contribution in [0.4, 0.5) is 6.01 Å². The van der Waals surface area contributed by atoms with E-state index in [1.54, 1.807) is 0 Å². The van der Waals surface area contributed by atoms with Crippen molar-refractivity contribution in [3.05, 3.63) is 76.1 Å². The van der Waals surface area contributed by atoms with Crippen LogP contribution in [0.3, 0.4) is 0 Å². The molecule has 2 aromatic carbocycles. The van der Waals surface area contributed by atoms with E-state index in [1.165, 1.54) is 5.56 Å². The molecule has 30 heavy (non-hydrogen) atoms. The van der Waals surface area contributed by atoms with Crippen molar-refractivity contribution in [2.75, 3.05) is 5.32 Å². The maximum absolute atomic E-state index is 13.2. The van der Waals surface area contributed by atoms with Crippen molar-refractivity contribution >= 4 is 23.5 Å². The van der Waals surface area contributed by atoms with Gasteiger partial charge in [0.15, 0.2) is 0 Å². The molecule has 0 radical (unpaired) electrons. The third-order valence-electron chi connectivity index (χ3n) is 5.98. The lowest BCUT2D eigenvalue weighted by Crippen LogP contribution is -2.38. The van der Waals surface area contributed by atoms with E-state index in [0.29, 0.717) is 23.3 Å². The Labute approximate surface area is 181 Å². The summed E-state index contributed by atoms with van der Waals surface area (Å²) in [5, 5.41) is 11.7. The molecule has 1 heterocycles. The van der Waals surface area contributed by atoms with Gasteiger partial charge in [-0.25, -0.2) is 0 Å². The Hall–Kier alpha value is -2.66.